The molecule has 3 amide bonds. The van der Waals surface area contributed by atoms with Gasteiger partial charge in [0.1, 0.15) is 5.75 Å². The first kappa shape index (κ1) is 38.6. The number of carbonyl (C=O) groups is 3. The minimum absolute atomic E-state index is 0.0908. The lowest BCUT2D eigenvalue weighted by Gasteiger charge is -2.41. The van der Waals surface area contributed by atoms with E-state index in [0.717, 1.165) is 83.5 Å². The highest BCUT2D eigenvalue weighted by molar-refractivity contribution is 6.08. The van der Waals surface area contributed by atoms with Gasteiger partial charge in [0.2, 0.25) is 0 Å². The summed E-state index contributed by atoms with van der Waals surface area (Å²) >= 11 is 0. The summed E-state index contributed by atoms with van der Waals surface area (Å²) in [5.74, 6) is -0.391. The Morgan fingerprint density at radius 2 is 1.56 bits per heavy atom. The molecular formula is C48H51N5O6. The molecule has 9 rings (SSSR count). The predicted molar refractivity (Wildman–Crippen MR) is 226 cm³/mol. The van der Waals surface area contributed by atoms with Gasteiger partial charge in [0.25, 0.3) is 11.8 Å². The molecule has 1 aromatic heterocycles. The molecular weight excluding hydrogens is 743 g/mol. The molecule has 0 saturated carbocycles. The molecule has 0 radical (unpaired) electrons. The lowest BCUT2D eigenvalue weighted by atomic mass is 9.80. The Kier molecular flexibility index (Phi) is 10.5. The largest absolute Gasteiger partial charge is 0.508 e. The Hall–Kier alpha value is -5.91. The number of morpholine rings is 1. The third-order valence-electron chi connectivity index (χ3n) is 13.0. The van der Waals surface area contributed by atoms with Crippen molar-refractivity contribution in [3.05, 3.63) is 141 Å². The van der Waals surface area contributed by atoms with Crippen LogP contribution in [0.4, 0.5) is 10.5 Å². The lowest BCUT2D eigenvalue weighted by Crippen LogP contribution is -2.52. The van der Waals surface area contributed by atoms with Crippen molar-refractivity contribution in [3.63, 3.8) is 0 Å². The number of nitrogens with zero attached hydrogens (tertiary/aromatic N) is 5. The minimum Gasteiger partial charge on any atom is -0.508 e. The van der Waals surface area contributed by atoms with Gasteiger partial charge in [-0.25, -0.2) is 4.79 Å². The van der Waals surface area contributed by atoms with Crippen molar-refractivity contribution >= 4 is 23.6 Å². The zero-order valence-electron chi connectivity index (χ0n) is 33.8. The standard InChI is InChI=1S/C48H51N5O6/c1-31-9-3-6-12-38(31)43-30-51(48(57)58)27-34-24-41(47(56)53-28-33-11-5-4-10-32(33)23-36(53)29-50-19-21-59-22-20-50)40(25-39(34)43)45-26-42(44-13-7-8-18-52(44)45)46(55)49(2)35-14-16-37(54)17-15-35/h3-6,9-12,14-17,24-26,36,43,54H,7-8,13,18-23,27-30H2,1-2H3,(H,57,58)/t36-,43?/m0/s1. The van der Waals surface area contributed by atoms with Crippen LogP contribution in [-0.4, -0.2) is 99.9 Å². The molecule has 59 heavy (non-hydrogen) atoms. The highest BCUT2D eigenvalue weighted by Crippen LogP contribution is 2.42. The second-order valence-electron chi connectivity index (χ2n) is 16.5. The molecule has 4 aromatic carbocycles. The van der Waals surface area contributed by atoms with E-state index < -0.39 is 6.09 Å². The fourth-order valence-corrected chi connectivity index (χ4v) is 9.77. The number of amides is 3. The maximum absolute atomic E-state index is 15.6. The smallest absolute Gasteiger partial charge is 0.407 e. The van der Waals surface area contributed by atoms with Crippen LogP contribution in [-0.2, 0) is 37.2 Å². The first-order chi connectivity index (χ1) is 28.6. The highest BCUT2D eigenvalue weighted by atomic mass is 16.5. The van der Waals surface area contributed by atoms with Crippen molar-refractivity contribution < 1.29 is 29.3 Å². The molecule has 0 aliphatic carbocycles. The number of anilines is 1. The molecule has 4 aliphatic heterocycles. The van der Waals surface area contributed by atoms with E-state index in [2.05, 4.69) is 52.8 Å². The molecule has 2 atom stereocenters. The quantitative estimate of drug-likeness (QED) is 0.178. The van der Waals surface area contributed by atoms with Crippen molar-refractivity contribution in [2.45, 2.75) is 64.2 Å². The van der Waals surface area contributed by atoms with Gasteiger partial charge in [0, 0.05) is 93.0 Å². The van der Waals surface area contributed by atoms with Crippen molar-refractivity contribution in [2.24, 2.45) is 0 Å². The minimum atomic E-state index is -0.994. The van der Waals surface area contributed by atoms with Crippen LogP contribution in [0.1, 0.15) is 78.6 Å². The summed E-state index contributed by atoms with van der Waals surface area (Å²) in [5.41, 5.74) is 10.6. The van der Waals surface area contributed by atoms with Crippen LogP contribution in [0.2, 0.25) is 0 Å². The van der Waals surface area contributed by atoms with Gasteiger partial charge in [-0.05, 0) is 108 Å². The third kappa shape index (κ3) is 7.38. The molecule has 0 bridgehead atoms. The summed E-state index contributed by atoms with van der Waals surface area (Å²) in [6.45, 7) is 7.34. The van der Waals surface area contributed by atoms with Gasteiger partial charge in [0.05, 0.1) is 18.8 Å². The second kappa shape index (κ2) is 16.0. The van der Waals surface area contributed by atoms with E-state index in [-0.39, 0.29) is 42.6 Å². The van der Waals surface area contributed by atoms with Crippen LogP contribution in [0.15, 0.2) is 91.0 Å². The van der Waals surface area contributed by atoms with Gasteiger partial charge in [-0.2, -0.15) is 0 Å². The summed E-state index contributed by atoms with van der Waals surface area (Å²) in [4.78, 5) is 50.3. The van der Waals surface area contributed by atoms with Gasteiger partial charge in [-0.1, -0.05) is 48.5 Å². The number of aromatic hydroxyl groups is 1. The SMILES string of the molecule is Cc1ccccc1C1CN(C(=O)O)Cc2cc(C(=O)N3Cc4ccccc4C[C@H]3CN3CCOCC3)c(-c3cc(C(=O)N(C)c4ccc(O)cc4)c4n3CCCC4)cc21. The number of aromatic nitrogens is 1. The molecule has 2 N–H and O–H groups in total. The van der Waals surface area contributed by atoms with Gasteiger partial charge >= 0.3 is 6.09 Å². The van der Waals surface area contributed by atoms with E-state index in [9.17, 15) is 19.8 Å². The average Bonchev–Trinajstić information content (AvgIpc) is 3.65. The molecule has 11 heteroatoms. The van der Waals surface area contributed by atoms with E-state index in [0.29, 0.717) is 49.7 Å². The maximum Gasteiger partial charge on any atom is 0.407 e. The van der Waals surface area contributed by atoms with Gasteiger partial charge in [-0.3, -0.25) is 14.5 Å². The van der Waals surface area contributed by atoms with E-state index >= 15 is 4.79 Å². The summed E-state index contributed by atoms with van der Waals surface area (Å²) < 4.78 is 7.92. The average molecular weight is 794 g/mol. The first-order valence-corrected chi connectivity index (χ1v) is 20.8. The number of fused-ring (bicyclic) bond motifs is 3. The zero-order valence-corrected chi connectivity index (χ0v) is 33.8. The number of hydrogen-bond acceptors (Lipinski definition) is 6. The molecule has 1 fully saturated rings. The molecule has 5 aromatic rings. The Balaban J connectivity index is 1.22. The fraction of sp³-hybridized carbons (Fsp3) is 0.354. The summed E-state index contributed by atoms with van der Waals surface area (Å²) in [7, 11) is 1.75. The molecule has 304 valence electrons. The van der Waals surface area contributed by atoms with E-state index in [1.807, 2.05) is 35.2 Å². The van der Waals surface area contributed by atoms with Crippen molar-refractivity contribution in [1.82, 2.24) is 19.3 Å². The van der Waals surface area contributed by atoms with Gasteiger partial charge < -0.3 is 34.2 Å². The number of hydrogen-bond donors (Lipinski definition) is 2. The number of benzene rings is 4. The number of phenolic OH excluding ortho intramolecular Hbond substituents is 1. The first-order valence-electron chi connectivity index (χ1n) is 20.8. The Morgan fingerprint density at radius 3 is 2.32 bits per heavy atom. The van der Waals surface area contributed by atoms with Crippen LogP contribution in [0.5, 0.6) is 5.75 Å². The van der Waals surface area contributed by atoms with Gasteiger partial charge in [0.15, 0.2) is 0 Å². The van der Waals surface area contributed by atoms with E-state index in [4.69, 9.17) is 4.74 Å². The van der Waals surface area contributed by atoms with Crippen molar-refractivity contribution in [1.29, 1.82) is 0 Å². The number of carboxylic acid groups (broad SMARTS) is 1. The summed E-state index contributed by atoms with van der Waals surface area (Å²) in [5, 5.41) is 20.4. The summed E-state index contributed by atoms with van der Waals surface area (Å²) in [6.07, 6.45) is 2.34. The number of phenols is 1. The topological polar surface area (TPSA) is 119 Å². The Morgan fingerprint density at radius 1 is 0.814 bits per heavy atom. The molecule has 0 spiro atoms. The number of carbonyl (C=O) groups excluding carboxylic acids is 2. The molecule has 11 nitrogen and oxygen atoms in total. The third-order valence-corrected chi connectivity index (χ3v) is 13.0. The summed E-state index contributed by atoms with van der Waals surface area (Å²) in [6, 6.07) is 29.1. The number of aryl methyl sites for hydroxylation is 1. The van der Waals surface area contributed by atoms with E-state index in [1.165, 1.54) is 10.5 Å². The second-order valence-corrected chi connectivity index (χ2v) is 16.5. The fourth-order valence-electron chi connectivity index (χ4n) is 9.77. The van der Waals surface area contributed by atoms with Crippen LogP contribution in [0.3, 0.4) is 0 Å². The van der Waals surface area contributed by atoms with Crippen LogP contribution < -0.4 is 4.90 Å². The zero-order chi connectivity index (χ0) is 40.8. The normalized spacial score (nSPS) is 19.1. The Labute approximate surface area is 345 Å². The van der Waals surface area contributed by atoms with Crippen LogP contribution in [0.25, 0.3) is 11.3 Å². The van der Waals surface area contributed by atoms with Crippen LogP contribution in [0, 0.1) is 6.92 Å². The highest BCUT2D eigenvalue weighted by Gasteiger charge is 2.37. The van der Waals surface area contributed by atoms with Gasteiger partial charge in [-0.15, -0.1) is 0 Å². The van der Waals surface area contributed by atoms with Crippen molar-refractivity contribution in [2.75, 3.05) is 51.3 Å². The number of ether oxygens (including phenoxy) is 1. The maximum atomic E-state index is 15.6. The number of rotatable bonds is 7. The molecule has 1 saturated heterocycles. The molecule has 5 heterocycles. The lowest BCUT2D eigenvalue weighted by molar-refractivity contribution is 0.0193. The van der Waals surface area contributed by atoms with Crippen LogP contribution >= 0.6 is 0 Å². The predicted octanol–water partition coefficient (Wildman–Crippen LogP) is 7.31. The Bertz CT molecular complexity index is 2420. The monoisotopic (exact) mass is 793 g/mol. The van der Waals surface area contributed by atoms with E-state index in [1.54, 1.807) is 36.2 Å². The van der Waals surface area contributed by atoms with Crippen molar-refractivity contribution in [3.8, 4) is 17.0 Å². The molecule has 4 aliphatic rings. The molecule has 1 unspecified atom stereocenters.